The van der Waals surface area contributed by atoms with Crippen molar-refractivity contribution < 1.29 is 4.74 Å². The molecule has 0 saturated carbocycles. The number of ether oxygens (including phenoxy) is 1. The normalized spacial score (nSPS) is 20.6. The van der Waals surface area contributed by atoms with Gasteiger partial charge in [0.05, 0.1) is 6.10 Å². The predicted octanol–water partition coefficient (Wildman–Crippen LogP) is 2.61. The van der Waals surface area contributed by atoms with Crippen LogP contribution in [0.4, 0.5) is 0 Å². The Bertz CT molecular complexity index is 331. The van der Waals surface area contributed by atoms with Crippen molar-refractivity contribution in [1.29, 1.82) is 0 Å². The highest BCUT2D eigenvalue weighted by atomic mass is 16.5. The highest BCUT2D eigenvalue weighted by Gasteiger charge is 2.17. The van der Waals surface area contributed by atoms with Crippen LogP contribution in [0.5, 0.6) is 0 Å². The van der Waals surface area contributed by atoms with Gasteiger partial charge < -0.3 is 4.74 Å². The van der Waals surface area contributed by atoms with E-state index in [1.807, 2.05) is 0 Å². The number of rotatable bonds is 4. The molecular formula is C14H21NO. The first-order valence-electron chi connectivity index (χ1n) is 6.10. The third-order valence-corrected chi connectivity index (χ3v) is 3.24. The summed E-state index contributed by atoms with van der Waals surface area (Å²) in [5, 5.41) is 0. The summed E-state index contributed by atoms with van der Waals surface area (Å²) in [6, 6.07) is 8.59. The van der Waals surface area contributed by atoms with E-state index in [9.17, 15) is 0 Å². The van der Waals surface area contributed by atoms with Gasteiger partial charge in [-0.2, -0.15) is 0 Å². The van der Waals surface area contributed by atoms with Gasteiger partial charge in [-0.25, -0.2) is 0 Å². The lowest BCUT2D eigenvalue weighted by molar-refractivity contribution is 0.0793. The van der Waals surface area contributed by atoms with Crippen molar-refractivity contribution in [2.24, 2.45) is 0 Å². The zero-order valence-corrected chi connectivity index (χ0v) is 10.3. The Kier molecular flexibility index (Phi) is 3.97. The van der Waals surface area contributed by atoms with Crippen molar-refractivity contribution in [1.82, 2.24) is 4.90 Å². The monoisotopic (exact) mass is 219 g/mol. The maximum atomic E-state index is 5.65. The van der Waals surface area contributed by atoms with Gasteiger partial charge in [0.2, 0.25) is 0 Å². The minimum absolute atomic E-state index is 0.453. The third-order valence-electron chi connectivity index (χ3n) is 3.24. The molecule has 2 heteroatoms. The standard InChI is InChI=1S/C14H21NO/c1-12-6-3-4-7-13(12)10-15(2)11-14-8-5-9-16-14/h3-4,6-7,14H,5,8-11H2,1-2H3. The molecule has 1 atom stereocenters. The highest BCUT2D eigenvalue weighted by molar-refractivity contribution is 5.25. The van der Waals surface area contributed by atoms with Gasteiger partial charge in [-0.15, -0.1) is 0 Å². The molecule has 1 aromatic carbocycles. The van der Waals surface area contributed by atoms with Gasteiger partial charge in [0.1, 0.15) is 0 Å². The minimum Gasteiger partial charge on any atom is -0.377 e. The molecule has 0 aromatic heterocycles. The molecule has 0 N–H and O–H groups in total. The third kappa shape index (κ3) is 3.06. The first-order valence-corrected chi connectivity index (χ1v) is 6.10. The summed E-state index contributed by atoms with van der Waals surface area (Å²) in [7, 11) is 2.17. The van der Waals surface area contributed by atoms with Crippen LogP contribution in [-0.2, 0) is 11.3 Å². The van der Waals surface area contributed by atoms with E-state index in [-0.39, 0.29) is 0 Å². The Morgan fingerprint density at radius 3 is 2.88 bits per heavy atom. The molecule has 1 heterocycles. The van der Waals surface area contributed by atoms with Crippen LogP contribution in [-0.4, -0.2) is 31.2 Å². The fourth-order valence-electron chi connectivity index (χ4n) is 2.28. The maximum Gasteiger partial charge on any atom is 0.0702 e. The highest BCUT2D eigenvalue weighted by Crippen LogP contribution is 2.15. The van der Waals surface area contributed by atoms with Gasteiger partial charge in [-0.1, -0.05) is 24.3 Å². The van der Waals surface area contributed by atoms with E-state index in [1.54, 1.807) is 0 Å². The molecule has 88 valence electrons. The number of benzene rings is 1. The molecule has 1 unspecified atom stereocenters. The summed E-state index contributed by atoms with van der Waals surface area (Å²) in [5.41, 5.74) is 2.80. The van der Waals surface area contributed by atoms with E-state index in [0.717, 1.165) is 19.7 Å². The lowest BCUT2D eigenvalue weighted by Gasteiger charge is -2.21. The van der Waals surface area contributed by atoms with Gasteiger partial charge in [0, 0.05) is 19.7 Å². The first kappa shape index (κ1) is 11.6. The Hall–Kier alpha value is -0.860. The molecule has 1 aliphatic heterocycles. The summed E-state index contributed by atoms with van der Waals surface area (Å²) in [6.45, 7) is 5.19. The lowest BCUT2D eigenvalue weighted by atomic mass is 10.1. The number of aryl methyl sites for hydroxylation is 1. The number of likely N-dealkylation sites (N-methyl/N-ethyl adjacent to an activating group) is 1. The van der Waals surface area contributed by atoms with Crippen molar-refractivity contribution in [3.05, 3.63) is 35.4 Å². The van der Waals surface area contributed by atoms with E-state index in [1.165, 1.54) is 24.0 Å². The lowest BCUT2D eigenvalue weighted by Crippen LogP contribution is -2.28. The van der Waals surface area contributed by atoms with Crippen LogP contribution in [0.3, 0.4) is 0 Å². The average Bonchev–Trinajstić information content (AvgIpc) is 2.74. The number of hydrogen-bond donors (Lipinski definition) is 0. The van der Waals surface area contributed by atoms with E-state index in [0.29, 0.717) is 6.10 Å². The minimum atomic E-state index is 0.453. The van der Waals surface area contributed by atoms with Gasteiger partial charge in [-0.3, -0.25) is 4.90 Å². The quantitative estimate of drug-likeness (QED) is 0.772. The van der Waals surface area contributed by atoms with Gasteiger partial charge >= 0.3 is 0 Å². The van der Waals surface area contributed by atoms with Crippen molar-refractivity contribution in [2.75, 3.05) is 20.2 Å². The largest absolute Gasteiger partial charge is 0.377 e. The molecule has 0 spiro atoms. The van der Waals surface area contributed by atoms with Crippen LogP contribution in [0.1, 0.15) is 24.0 Å². The Labute approximate surface area is 98.2 Å². The SMILES string of the molecule is Cc1ccccc1CN(C)CC1CCCO1. The topological polar surface area (TPSA) is 12.5 Å². The summed E-state index contributed by atoms with van der Waals surface area (Å²) < 4.78 is 5.65. The molecule has 1 saturated heterocycles. The number of nitrogens with zero attached hydrogens (tertiary/aromatic N) is 1. The molecule has 0 bridgehead atoms. The molecule has 1 aliphatic rings. The molecule has 2 nitrogen and oxygen atoms in total. The van der Waals surface area contributed by atoms with Crippen LogP contribution in [0.15, 0.2) is 24.3 Å². The predicted molar refractivity (Wildman–Crippen MR) is 66.5 cm³/mol. The molecular weight excluding hydrogens is 198 g/mol. The van der Waals surface area contributed by atoms with Gasteiger partial charge in [0.25, 0.3) is 0 Å². The first-order chi connectivity index (χ1) is 7.75. The van der Waals surface area contributed by atoms with Crippen molar-refractivity contribution in [2.45, 2.75) is 32.4 Å². The average molecular weight is 219 g/mol. The Balaban J connectivity index is 1.86. The van der Waals surface area contributed by atoms with E-state index in [2.05, 4.69) is 43.1 Å². The van der Waals surface area contributed by atoms with E-state index >= 15 is 0 Å². The zero-order chi connectivity index (χ0) is 11.4. The van der Waals surface area contributed by atoms with Crippen molar-refractivity contribution >= 4 is 0 Å². The molecule has 1 fully saturated rings. The van der Waals surface area contributed by atoms with Crippen LogP contribution in [0.2, 0.25) is 0 Å². The Morgan fingerprint density at radius 2 is 2.19 bits per heavy atom. The molecule has 2 rings (SSSR count). The maximum absolute atomic E-state index is 5.65. The summed E-state index contributed by atoms with van der Waals surface area (Å²) >= 11 is 0. The fraction of sp³-hybridized carbons (Fsp3) is 0.571. The van der Waals surface area contributed by atoms with Crippen LogP contribution in [0.25, 0.3) is 0 Å². The van der Waals surface area contributed by atoms with Crippen molar-refractivity contribution in [3.63, 3.8) is 0 Å². The second-order valence-electron chi connectivity index (χ2n) is 4.76. The zero-order valence-electron chi connectivity index (χ0n) is 10.3. The molecule has 0 aliphatic carbocycles. The smallest absolute Gasteiger partial charge is 0.0702 e. The summed E-state index contributed by atoms with van der Waals surface area (Å²) in [5.74, 6) is 0. The van der Waals surface area contributed by atoms with Crippen LogP contribution in [0, 0.1) is 6.92 Å². The summed E-state index contributed by atoms with van der Waals surface area (Å²) in [4.78, 5) is 2.36. The van der Waals surface area contributed by atoms with Gasteiger partial charge in [-0.05, 0) is 37.9 Å². The molecule has 0 amide bonds. The van der Waals surface area contributed by atoms with E-state index < -0.39 is 0 Å². The van der Waals surface area contributed by atoms with E-state index in [4.69, 9.17) is 4.74 Å². The molecule has 1 aromatic rings. The second kappa shape index (κ2) is 5.46. The molecule has 16 heavy (non-hydrogen) atoms. The fourth-order valence-corrected chi connectivity index (χ4v) is 2.28. The van der Waals surface area contributed by atoms with Crippen LogP contribution >= 0.6 is 0 Å². The summed E-state index contributed by atoms with van der Waals surface area (Å²) in [6.07, 6.45) is 2.90. The number of hydrogen-bond acceptors (Lipinski definition) is 2. The van der Waals surface area contributed by atoms with Crippen molar-refractivity contribution in [3.8, 4) is 0 Å². The van der Waals surface area contributed by atoms with Crippen LogP contribution < -0.4 is 0 Å². The Morgan fingerprint density at radius 1 is 1.38 bits per heavy atom. The molecule has 0 radical (unpaired) electrons. The van der Waals surface area contributed by atoms with Gasteiger partial charge in [0.15, 0.2) is 0 Å². The second-order valence-corrected chi connectivity index (χ2v) is 4.76.